The van der Waals surface area contributed by atoms with Crippen molar-refractivity contribution in [3.8, 4) is 0 Å². The van der Waals surface area contributed by atoms with Crippen LogP contribution in [0.25, 0.3) is 0 Å². The van der Waals surface area contributed by atoms with Crippen LogP contribution in [0.5, 0.6) is 0 Å². The molecule has 2 unspecified atom stereocenters. The van der Waals surface area contributed by atoms with Crippen LogP contribution >= 0.6 is 15.9 Å². The topological polar surface area (TPSA) is 20.3 Å². The van der Waals surface area contributed by atoms with E-state index in [4.69, 9.17) is 0 Å². The summed E-state index contributed by atoms with van der Waals surface area (Å²) in [6, 6.07) is 6.40. The van der Waals surface area contributed by atoms with E-state index in [1.165, 1.54) is 5.56 Å². The molecule has 1 aromatic rings. The largest absolute Gasteiger partial charge is 0.315 e. The third kappa shape index (κ3) is 3.08. The lowest BCUT2D eigenvalue weighted by Gasteiger charge is -2.29. The zero-order chi connectivity index (χ0) is 15.1. The number of hydrogen-bond acceptors (Lipinski definition) is 1. The van der Waals surface area contributed by atoms with Gasteiger partial charge >= 0.3 is 0 Å². The number of fused-ring (bicyclic) bond motifs is 1. The smallest absolute Gasteiger partial charge is 0.231 e. The van der Waals surface area contributed by atoms with Crippen molar-refractivity contribution in [1.29, 1.82) is 0 Å². The van der Waals surface area contributed by atoms with Crippen molar-refractivity contribution in [3.63, 3.8) is 0 Å². The molecule has 0 radical (unpaired) electrons. The Hall–Kier alpha value is -0.830. The normalized spacial score (nSPS) is 18.1. The van der Waals surface area contributed by atoms with E-state index in [2.05, 4.69) is 61.8 Å². The van der Waals surface area contributed by atoms with E-state index in [0.717, 1.165) is 17.7 Å². The van der Waals surface area contributed by atoms with E-state index >= 15 is 0 Å². The molecule has 1 aromatic carbocycles. The molecular formula is C17H24BrNO. The first-order valence-electron chi connectivity index (χ1n) is 7.23. The zero-order valence-corrected chi connectivity index (χ0v) is 14.6. The van der Waals surface area contributed by atoms with Crippen LogP contribution in [0.4, 0.5) is 5.69 Å². The third-order valence-corrected chi connectivity index (χ3v) is 5.48. The lowest BCUT2D eigenvalue weighted by atomic mass is 9.79. The summed E-state index contributed by atoms with van der Waals surface area (Å²) in [6.45, 7) is 9.16. The molecule has 0 saturated carbocycles. The third-order valence-electron chi connectivity index (χ3n) is 4.58. The molecule has 0 aliphatic carbocycles. The number of anilines is 1. The monoisotopic (exact) mass is 337 g/mol. The summed E-state index contributed by atoms with van der Waals surface area (Å²) in [7, 11) is 1.85. The highest BCUT2D eigenvalue weighted by Gasteiger charge is 2.26. The van der Waals surface area contributed by atoms with E-state index in [-0.39, 0.29) is 5.91 Å². The van der Waals surface area contributed by atoms with Gasteiger partial charge in [-0.15, -0.1) is 0 Å². The van der Waals surface area contributed by atoms with Crippen LogP contribution in [0.2, 0.25) is 0 Å². The fourth-order valence-electron chi connectivity index (χ4n) is 2.48. The maximum atomic E-state index is 11.7. The van der Waals surface area contributed by atoms with Crippen LogP contribution in [0, 0.1) is 11.3 Å². The van der Waals surface area contributed by atoms with E-state index in [1.807, 2.05) is 7.05 Å². The molecule has 0 fully saturated rings. The maximum absolute atomic E-state index is 11.7. The summed E-state index contributed by atoms with van der Waals surface area (Å²) in [4.78, 5) is 13.8. The second-order valence-corrected chi connectivity index (χ2v) is 8.09. The Morgan fingerprint density at radius 3 is 2.60 bits per heavy atom. The molecule has 1 amide bonds. The first-order valence-corrected chi connectivity index (χ1v) is 8.15. The van der Waals surface area contributed by atoms with Gasteiger partial charge in [-0.1, -0.05) is 55.8 Å². The van der Waals surface area contributed by atoms with Crippen LogP contribution in [0.3, 0.4) is 0 Å². The molecule has 0 bridgehead atoms. The molecule has 110 valence electrons. The Morgan fingerprint density at radius 1 is 1.35 bits per heavy atom. The number of rotatable bonds is 3. The molecule has 20 heavy (non-hydrogen) atoms. The standard InChI is InChI=1S/C17H24BrNO/c1-11(17(2,3)4)8-14(18)12-6-7-15-13(9-12)10-16(20)19(15)5/h6-7,9,11,14H,8,10H2,1-5H3. The van der Waals surface area contributed by atoms with Gasteiger partial charge in [-0.3, -0.25) is 4.79 Å². The molecule has 2 nitrogen and oxygen atoms in total. The summed E-state index contributed by atoms with van der Waals surface area (Å²) < 4.78 is 0. The summed E-state index contributed by atoms with van der Waals surface area (Å²) in [5.41, 5.74) is 3.81. The number of carbonyl (C=O) groups is 1. The molecule has 0 spiro atoms. The lowest BCUT2D eigenvalue weighted by Crippen LogP contribution is -2.20. The fraction of sp³-hybridized carbons (Fsp3) is 0.588. The van der Waals surface area contributed by atoms with Crippen molar-refractivity contribution in [2.24, 2.45) is 11.3 Å². The van der Waals surface area contributed by atoms with Crippen molar-refractivity contribution in [3.05, 3.63) is 29.3 Å². The van der Waals surface area contributed by atoms with Crippen molar-refractivity contribution < 1.29 is 4.79 Å². The van der Waals surface area contributed by atoms with Crippen molar-refractivity contribution in [1.82, 2.24) is 0 Å². The van der Waals surface area contributed by atoms with Gasteiger partial charge in [-0.2, -0.15) is 0 Å². The van der Waals surface area contributed by atoms with Gasteiger partial charge in [0.15, 0.2) is 0 Å². The van der Waals surface area contributed by atoms with Crippen molar-refractivity contribution in [2.75, 3.05) is 11.9 Å². The average Bonchev–Trinajstić information content (AvgIpc) is 2.63. The van der Waals surface area contributed by atoms with E-state index in [1.54, 1.807) is 4.90 Å². The predicted molar refractivity (Wildman–Crippen MR) is 88.5 cm³/mol. The Balaban J connectivity index is 2.15. The fourth-order valence-corrected chi connectivity index (χ4v) is 3.33. The molecule has 0 N–H and O–H groups in total. The van der Waals surface area contributed by atoms with Crippen LogP contribution in [-0.4, -0.2) is 13.0 Å². The quantitative estimate of drug-likeness (QED) is 0.731. The minimum Gasteiger partial charge on any atom is -0.315 e. The van der Waals surface area contributed by atoms with Crippen LogP contribution in [0.1, 0.15) is 50.1 Å². The summed E-state index contributed by atoms with van der Waals surface area (Å²) in [6.07, 6.45) is 1.64. The Morgan fingerprint density at radius 2 is 2.00 bits per heavy atom. The number of carbonyl (C=O) groups excluding carboxylic acids is 1. The SMILES string of the molecule is CC(CC(Br)c1ccc2c(c1)CC(=O)N2C)C(C)(C)C. The molecule has 2 rings (SSSR count). The summed E-state index contributed by atoms with van der Waals surface area (Å²) in [5.74, 6) is 0.816. The van der Waals surface area contributed by atoms with Gasteiger partial charge < -0.3 is 4.90 Å². The number of amides is 1. The van der Waals surface area contributed by atoms with Crippen LogP contribution in [-0.2, 0) is 11.2 Å². The van der Waals surface area contributed by atoms with Crippen LogP contribution in [0.15, 0.2) is 18.2 Å². The summed E-state index contributed by atoms with van der Waals surface area (Å²) >= 11 is 3.82. The lowest BCUT2D eigenvalue weighted by molar-refractivity contribution is -0.117. The second kappa shape index (κ2) is 5.51. The molecule has 0 aromatic heterocycles. The minimum atomic E-state index is 0.186. The van der Waals surface area contributed by atoms with Crippen molar-refractivity contribution >= 4 is 27.5 Å². The van der Waals surface area contributed by atoms with Crippen molar-refractivity contribution in [2.45, 2.75) is 45.4 Å². The Labute approximate surface area is 130 Å². The Bertz CT molecular complexity index is 518. The summed E-state index contributed by atoms with van der Waals surface area (Å²) in [5, 5.41) is 0. The number of likely N-dealkylation sites (N-methyl/N-ethyl adjacent to an activating group) is 1. The highest BCUT2D eigenvalue weighted by Crippen LogP contribution is 2.39. The predicted octanol–water partition coefficient (Wildman–Crippen LogP) is 4.71. The van der Waals surface area contributed by atoms with Gasteiger partial charge in [0.2, 0.25) is 5.91 Å². The van der Waals surface area contributed by atoms with Gasteiger partial charge in [0.1, 0.15) is 0 Å². The number of benzene rings is 1. The molecule has 2 atom stereocenters. The highest BCUT2D eigenvalue weighted by molar-refractivity contribution is 9.09. The molecule has 0 saturated heterocycles. The zero-order valence-electron chi connectivity index (χ0n) is 13.0. The first kappa shape index (κ1) is 15.6. The van der Waals surface area contributed by atoms with Gasteiger partial charge in [-0.25, -0.2) is 0 Å². The highest BCUT2D eigenvalue weighted by atomic mass is 79.9. The molecule has 1 aliphatic rings. The van der Waals surface area contributed by atoms with E-state index in [0.29, 0.717) is 22.6 Å². The Kier molecular flexibility index (Phi) is 4.29. The van der Waals surface area contributed by atoms with Gasteiger partial charge in [0.25, 0.3) is 0 Å². The molecule has 3 heteroatoms. The minimum absolute atomic E-state index is 0.186. The molecule has 1 heterocycles. The van der Waals surface area contributed by atoms with Gasteiger partial charge in [0.05, 0.1) is 6.42 Å². The number of halogens is 1. The number of nitrogens with zero attached hydrogens (tertiary/aromatic N) is 1. The molecule has 1 aliphatic heterocycles. The van der Waals surface area contributed by atoms with E-state index in [9.17, 15) is 4.79 Å². The van der Waals surface area contributed by atoms with Gasteiger partial charge in [0, 0.05) is 17.6 Å². The van der Waals surface area contributed by atoms with Gasteiger partial charge in [-0.05, 0) is 34.9 Å². The first-order chi connectivity index (χ1) is 9.20. The maximum Gasteiger partial charge on any atom is 0.231 e. The van der Waals surface area contributed by atoms with Crippen LogP contribution < -0.4 is 4.90 Å². The van der Waals surface area contributed by atoms with E-state index < -0.39 is 0 Å². The number of alkyl halides is 1. The average molecular weight is 338 g/mol. The number of hydrogen-bond donors (Lipinski definition) is 0. The molecular weight excluding hydrogens is 314 g/mol. The second-order valence-electron chi connectivity index (χ2n) is 6.99.